The Bertz CT molecular complexity index is 1260. The molecule has 1 amide bonds. The van der Waals surface area contributed by atoms with Crippen LogP contribution in [0.3, 0.4) is 0 Å². The molecule has 2 heterocycles. The van der Waals surface area contributed by atoms with E-state index in [2.05, 4.69) is 4.98 Å². The number of nitro benzene ring substituents is 1. The van der Waals surface area contributed by atoms with Crippen molar-refractivity contribution in [2.24, 2.45) is 0 Å². The third-order valence-corrected chi connectivity index (χ3v) is 5.70. The predicted molar refractivity (Wildman–Crippen MR) is 116 cm³/mol. The summed E-state index contributed by atoms with van der Waals surface area (Å²) < 4.78 is 5.29. The van der Waals surface area contributed by atoms with E-state index in [1.54, 1.807) is 7.11 Å². The predicted octanol–water partition coefficient (Wildman–Crippen LogP) is 3.61. The largest absolute Gasteiger partial charge is 0.503 e. The molecule has 1 unspecified atom stereocenters. The van der Waals surface area contributed by atoms with Crippen LogP contribution in [-0.2, 0) is 16.0 Å². The number of hydrogen-bond acceptors (Lipinski definition) is 6. The van der Waals surface area contributed by atoms with E-state index in [1.165, 1.54) is 36.1 Å². The Morgan fingerprint density at radius 2 is 1.97 bits per heavy atom. The minimum atomic E-state index is -0.819. The van der Waals surface area contributed by atoms with Gasteiger partial charge >= 0.3 is 0 Å². The molecule has 0 fully saturated rings. The summed E-state index contributed by atoms with van der Waals surface area (Å²) in [5.74, 6) is -0.950. The fourth-order valence-electron chi connectivity index (χ4n) is 4.10. The smallest absolute Gasteiger partial charge is 0.290 e. The number of aliphatic hydroxyl groups is 1. The number of H-pyrrole nitrogens is 1. The second-order valence-electron chi connectivity index (χ2n) is 7.54. The van der Waals surface area contributed by atoms with E-state index in [9.17, 15) is 24.8 Å². The molecule has 2 N–H and O–H groups in total. The van der Waals surface area contributed by atoms with Gasteiger partial charge in [0.05, 0.1) is 23.6 Å². The topological polar surface area (TPSA) is 126 Å². The molecule has 4 rings (SSSR count). The molecule has 0 bridgehead atoms. The number of nitrogens with one attached hydrogen (secondary N) is 1. The van der Waals surface area contributed by atoms with Crippen LogP contribution in [-0.4, -0.2) is 45.3 Å². The lowest BCUT2D eigenvalue weighted by atomic mass is 9.96. The number of rotatable bonds is 7. The molecule has 0 spiro atoms. The molecule has 0 saturated carbocycles. The van der Waals surface area contributed by atoms with Gasteiger partial charge in [0.1, 0.15) is 5.75 Å². The van der Waals surface area contributed by atoms with Crippen LogP contribution in [0.2, 0.25) is 0 Å². The first-order chi connectivity index (χ1) is 15.3. The molecule has 2 aromatic carbocycles. The summed E-state index contributed by atoms with van der Waals surface area (Å²) in [6, 6.07) is 10.5. The number of Topliss-reactive ketones (excluding diaryl/α,β-unsaturated/α-hetero) is 1. The van der Waals surface area contributed by atoms with Gasteiger partial charge in [-0.3, -0.25) is 19.7 Å². The normalized spacial score (nSPS) is 16.1. The van der Waals surface area contributed by atoms with Gasteiger partial charge in [0.2, 0.25) is 0 Å². The lowest BCUT2D eigenvalue weighted by Crippen LogP contribution is -2.32. The Morgan fingerprint density at radius 3 is 2.59 bits per heavy atom. The molecule has 1 aliphatic rings. The Balaban J connectivity index is 1.66. The molecule has 1 atom stereocenters. The first kappa shape index (κ1) is 21.1. The molecular formula is C23H21N3O6. The molecule has 32 heavy (non-hydrogen) atoms. The summed E-state index contributed by atoms with van der Waals surface area (Å²) in [5, 5.41) is 22.3. The van der Waals surface area contributed by atoms with Crippen LogP contribution in [0.4, 0.5) is 5.69 Å². The van der Waals surface area contributed by atoms with Gasteiger partial charge in [-0.25, -0.2) is 0 Å². The number of amides is 1. The Morgan fingerprint density at radius 1 is 1.25 bits per heavy atom. The molecule has 1 aromatic heterocycles. The molecule has 1 aliphatic heterocycles. The van der Waals surface area contributed by atoms with E-state index in [-0.39, 0.29) is 17.8 Å². The van der Waals surface area contributed by atoms with Crippen LogP contribution in [0.5, 0.6) is 5.75 Å². The molecule has 0 saturated heterocycles. The van der Waals surface area contributed by atoms with Crippen LogP contribution in [0, 0.1) is 10.1 Å². The minimum absolute atomic E-state index is 0.00977. The van der Waals surface area contributed by atoms with Crippen LogP contribution < -0.4 is 4.74 Å². The number of carbonyl (C=O) groups is 2. The number of hydrogen-bond donors (Lipinski definition) is 2. The van der Waals surface area contributed by atoms with Gasteiger partial charge in [0, 0.05) is 35.8 Å². The van der Waals surface area contributed by atoms with E-state index in [4.69, 9.17) is 4.74 Å². The fraction of sp³-hybridized carbons (Fsp3) is 0.217. The highest BCUT2D eigenvalue weighted by molar-refractivity contribution is 6.08. The highest BCUT2D eigenvalue weighted by Gasteiger charge is 2.42. The van der Waals surface area contributed by atoms with Crippen molar-refractivity contribution in [2.75, 3.05) is 13.7 Å². The fourth-order valence-corrected chi connectivity index (χ4v) is 4.10. The van der Waals surface area contributed by atoms with Crippen LogP contribution >= 0.6 is 0 Å². The number of ether oxygens (including phenoxy) is 1. The maximum absolute atomic E-state index is 12.8. The third-order valence-electron chi connectivity index (χ3n) is 5.70. The van der Waals surface area contributed by atoms with Crippen molar-refractivity contribution >= 4 is 28.3 Å². The van der Waals surface area contributed by atoms with E-state index in [1.807, 2.05) is 24.4 Å². The first-order valence-corrected chi connectivity index (χ1v) is 9.95. The van der Waals surface area contributed by atoms with Crippen molar-refractivity contribution < 1.29 is 24.4 Å². The van der Waals surface area contributed by atoms with Crippen molar-refractivity contribution in [3.8, 4) is 5.75 Å². The molecule has 0 radical (unpaired) electrons. The summed E-state index contributed by atoms with van der Waals surface area (Å²) in [5.41, 5.74) is 2.27. The maximum Gasteiger partial charge on any atom is 0.290 e. The highest BCUT2D eigenvalue weighted by atomic mass is 16.6. The van der Waals surface area contributed by atoms with Crippen molar-refractivity contribution in [1.29, 1.82) is 0 Å². The number of benzene rings is 2. The summed E-state index contributed by atoms with van der Waals surface area (Å²) in [6.45, 7) is 1.51. The van der Waals surface area contributed by atoms with Crippen LogP contribution in [0.15, 0.2) is 60.0 Å². The quantitative estimate of drug-likeness (QED) is 0.431. The van der Waals surface area contributed by atoms with Gasteiger partial charge in [-0.15, -0.1) is 0 Å². The Kier molecular flexibility index (Phi) is 5.40. The van der Waals surface area contributed by atoms with Crippen molar-refractivity contribution in [1.82, 2.24) is 9.88 Å². The number of aliphatic hydroxyl groups excluding tert-OH is 1. The minimum Gasteiger partial charge on any atom is -0.503 e. The summed E-state index contributed by atoms with van der Waals surface area (Å²) in [6.07, 6.45) is 2.31. The van der Waals surface area contributed by atoms with Crippen LogP contribution in [0.25, 0.3) is 10.9 Å². The number of nitro groups is 1. The van der Waals surface area contributed by atoms with Gasteiger partial charge in [-0.1, -0.05) is 0 Å². The van der Waals surface area contributed by atoms with Gasteiger partial charge in [0.25, 0.3) is 11.6 Å². The molecule has 0 aliphatic carbocycles. The molecule has 3 aromatic rings. The Labute approximate surface area is 183 Å². The van der Waals surface area contributed by atoms with Crippen LogP contribution in [0.1, 0.15) is 24.1 Å². The second-order valence-corrected chi connectivity index (χ2v) is 7.54. The average Bonchev–Trinajstić information content (AvgIpc) is 3.30. The number of non-ortho nitro benzene ring substituents is 1. The molecule has 164 valence electrons. The van der Waals surface area contributed by atoms with Crippen molar-refractivity contribution in [3.05, 3.63) is 81.2 Å². The van der Waals surface area contributed by atoms with Crippen molar-refractivity contribution in [3.63, 3.8) is 0 Å². The monoisotopic (exact) mass is 435 g/mol. The lowest BCUT2D eigenvalue weighted by molar-refractivity contribution is -0.384. The lowest BCUT2D eigenvalue weighted by Gasteiger charge is -2.26. The maximum atomic E-state index is 12.8. The first-order valence-electron chi connectivity index (χ1n) is 9.95. The zero-order valence-electron chi connectivity index (χ0n) is 17.5. The zero-order valence-corrected chi connectivity index (χ0v) is 17.5. The van der Waals surface area contributed by atoms with E-state index in [0.29, 0.717) is 17.7 Å². The van der Waals surface area contributed by atoms with E-state index < -0.39 is 28.4 Å². The summed E-state index contributed by atoms with van der Waals surface area (Å²) >= 11 is 0. The third kappa shape index (κ3) is 3.58. The van der Waals surface area contributed by atoms with Gasteiger partial charge < -0.3 is 19.7 Å². The number of aromatic amines is 1. The molecule has 9 nitrogen and oxygen atoms in total. The number of carbonyl (C=O) groups excluding carboxylic acids is 2. The number of fused-ring (bicyclic) bond motifs is 1. The average molecular weight is 435 g/mol. The summed E-state index contributed by atoms with van der Waals surface area (Å²) in [4.78, 5) is 40.2. The number of aromatic nitrogens is 1. The summed E-state index contributed by atoms with van der Waals surface area (Å²) in [7, 11) is 1.59. The van der Waals surface area contributed by atoms with Gasteiger partial charge in [-0.05, 0) is 54.8 Å². The molecular weight excluding hydrogens is 414 g/mol. The number of methoxy groups -OCH3 is 1. The Hall–Kier alpha value is -4.14. The van der Waals surface area contributed by atoms with Gasteiger partial charge in [0.15, 0.2) is 11.5 Å². The van der Waals surface area contributed by atoms with Crippen molar-refractivity contribution in [2.45, 2.75) is 19.4 Å². The number of ketones is 1. The van der Waals surface area contributed by atoms with E-state index in [0.717, 1.165) is 16.5 Å². The second kappa shape index (κ2) is 8.18. The zero-order chi connectivity index (χ0) is 23.0. The standard InChI is InChI=1S/C23H21N3O6/c1-13(27)20-21(14-3-5-16(6-4-14)26(30)31)25(23(29)22(20)28)10-9-15-12-24-19-8-7-17(32-2)11-18(15)19/h3-8,11-12,21,24,28H,9-10H2,1-2H3. The molecule has 9 heteroatoms. The SMILES string of the molecule is COc1ccc2[nH]cc(CCN3C(=O)C(O)=C(C(C)=O)C3c3ccc([N+](=O)[O-])cc3)c2c1. The number of nitrogens with zero attached hydrogens (tertiary/aromatic N) is 2. The van der Waals surface area contributed by atoms with E-state index >= 15 is 0 Å². The highest BCUT2D eigenvalue weighted by Crippen LogP contribution is 2.38. The van der Waals surface area contributed by atoms with Gasteiger partial charge in [-0.2, -0.15) is 0 Å².